The van der Waals surface area contributed by atoms with Gasteiger partial charge in [0.05, 0.1) is 0 Å². The summed E-state index contributed by atoms with van der Waals surface area (Å²) in [5.74, 6) is 4.49. The van der Waals surface area contributed by atoms with E-state index >= 15 is 0 Å². The zero-order chi connectivity index (χ0) is 15.4. The summed E-state index contributed by atoms with van der Waals surface area (Å²) in [7, 11) is 0. The van der Waals surface area contributed by atoms with E-state index in [0.29, 0.717) is 0 Å². The maximum absolute atomic E-state index is 4.65. The van der Waals surface area contributed by atoms with Gasteiger partial charge in [-0.3, -0.25) is 0 Å². The highest BCUT2D eigenvalue weighted by atomic mass is 15.4. The SMILES string of the molecule is CCNc1cc(-n2nc(CC)nc2CC)nc(C(C)C)n1. The number of hydrogen-bond acceptors (Lipinski definition) is 5. The Morgan fingerprint density at radius 2 is 1.86 bits per heavy atom. The monoisotopic (exact) mass is 288 g/mol. The summed E-state index contributed by atoms with van der Waals surface area (Å²) in [6.45, 7) is 11.2. The van der Waals surface area contributed by atoms with Crippen LogP contribution in [-0.2, 0) is 12.8 Å². The Kier molecular flexibility index (Phi) is 4.88. The first-order valence-electron chi connectivity index (χ1n) is 7.67. The molecular weight excluding hydrogens is 264 g/mol. The summed E-state index contributed by atoms with van der Waals surface area (Å²) >= 11 is 0. The van der Waals surface area contributed by atoms with Crippen molar-refractivity contribution in [2.75, 3.05) is 11.9 Å². The lowest BCUT2D eigenvalue weighted by Crippen LogP contribution is -2.11. The summed E-state index contributed by atoms with van der Waals surface area (Å²) in [6, 6.07) is 1.93. The number of anilines is 1. The fourth-order valence-electron chi connectivity index (χ4n) is 2.04. The van der Waals surface area contributed by atoms with Crippen LogP contribution < -0.4 is 5.32 Å². The average Bonchev–Trinajstić information content (AvgIpc) is 2.90. The second-order valence-corrected chi connectivity index (χ2v) is 5.22. The normalized spacial score (nSPS) is 11.1. The van der Waals surface area contributed by atoms with Crippen LogP contribution >= 0.6 is 0 Å². The zero-order valence-electron chi connectivity index (χ0n) is 13.5. The van der Waals surface area contributed by atoms with Gasteiger partial charge in [0.25, 0.3) is 0 Å². The molecule has 21 heavy (non-hydrogen) atoms. The van der Waals surface area contributed by atoms with Gasteiger partial charge in [0.2, 0.25) is 0 Å². The lowest BCUT2D eigenvalue weighted by atomic mass is 10.2. The van der Waals surface area contributed by atoms with Crippen LogP contribution in [0.2, 0.25) is 0 Å². The van der Waals surface area contributed by atoms with Crippen molar-refractivity contribution in [2.45, 2.75) is 53.4 Å². The molecule has 1 N–H and O–H groups in total. The lowest BCUT2D eigenvalue weighted by Gasteiger charge is -2.11. The summed E-state index contributed by atoms with van der Waals surface area (Å²) in [5, 5.41) is 7.82. The van der Waals surface area contributed by atoms with Crippen molar-refractivity contribution in [3.8, 4) is 5.82 Å². The van der Waals surface area contributed by atoms with Gasteiger partial charge in [-0.25, -0.2) is 15.0 Å². The van der Waals surface area contributed by atoms with Crippen molar-refractivity contribution in [3.63, 3.8) is 0 Å². The predicted molar refractivity (Wildman–Crippen MR) is 84.0 cm³/mol. The predicted octanol–water partition coefficient (Wildman–Crippen LogP) is 2.74. The zero-order valence-corrected chi connectivity index (χ0v) is 13.5. The Balaban J connectivity index is 2.53. The number of aromatic nitrogens is 5. The highest BCUT2D eigenvalue weighted by Gasteiger charge is 2.14. The van der Waals surface area contributed by atoms with Crippen LogP contribution in [0.4, 0.5) is 5.82 Å². The van der Waals surface area contributed by atoms with Gasteiger partial charge in [-0.1, -0.05) is 27.7 Å². The van der Waals surface area contributed by atoms with Crippen molar-refractivity contribution in [2.24, 2.45) is 0 Å². The van der Waals surface area contributed by atoms with Gasteiger partial charge in [0.1, 0.15) is 17.5 Å². The third-order valence-corrected chi connectivity index (χ3v) is 3.17. The van der Waals surface area contributed by atoms with E-state index in [1.165, 1.54) is 0 Å². The minimum absolute atomic E-state index is 0.265. The second kappa shape index (κ2) is 6.65. The molecule has 2 aromatic heterocycles. The van der Waals surface area contributed by atoms with Gasteiger partial charge in [-0.15, -0.1) is 5.10 Å². The molecule has 0 aliphatic heterocycles. The molecule has 0 bridgehead atoms. The van der Waals surface area contributed by atoms with Crippen molar-refractivity contribution in [3.05, 3.63) is 23.5 Å². The summed E-state index contributed by atoms with van der Waals surface area (Å²) in [4.78, 5) is 13.7. The van der Waals surface area contributed by atoms with Crippen LogP contribution in [0.25, 0.3) is 5.82 Å². The average molecular weight is 288 g/mol. The molecular formula is C15H24N6. The van der Waals surface area contributed by atoms with Crippen LogP contribution in [0.1, 0.15) is 58.0 Å². The molecule has 0 aromatic carbocycles. The standard InChI is InChI=1S/C15H24N6/c1-6-11-17-13(7-2)21(20-11)14-9-12(16-8-3)18-15(19-14)10(4)5/h9-10H,6-8H2,1-5H3,(H,16,18,19). The van der Waals surface area contributed by atoms with Crippen molar-refractivity contribution in [1.29, 1.82) is 0 Å². The third kappa shape index (κ3) is 3.37. The van der Waals surface area contributed by atoms with Crippen LogP contribution in [0.15, 0.2) is 6.07 Å². The molecule has 2 heterocycles. The van der Waals surface area contributed by atoms with Crippen LogP contribution in [0.5, 0.6) is 0 Å². The molecule has 6 heteroatoms. The first-order valence-corrected chi connectivity index (χ1v) is 7.67. The van der Waals surface area contributed by atoms with E-state index in [1.54, 1.807) is 0 Å². The van der Waals surface area contributed by atoms with Gasteiger partial charge in [0.15, 0.2) is 11.6 Å². The Bertz CT molecular complexity index is 602. The van der Waals surface area contributed by atoms with Crippen LogP contribution in [-0.4, -0.2) is 31.3 Å². The molecule has 114 valence electrons. The topological polar surface area (TPSA) is 68.5 Å². The Labute approximate surface area is 126 Å². The van der Waals surface area contributed by atoms with Gasteiger partial charge >= 0.3 is 0 Å². The Morgan fingerprint density at radius 1 is 1.10 bits per heavy atom. The first kappa shape index (κ1) is 15.4. The van der Waals surface area contributed by atoms with Gasteiger partial charge in [-0.2, -0.15) is 4.68 Å². The van der Waals surface area contributed by atoms with Gasteiger partial charge < -0.3 is 5.32 Å². The van der Waals surface area contributed by atoms with Gasteiger partial charge in [0, 0.05) is 31.4 Å². The van der Waals surface area contributed by atoms with Gasteiger partial charge in [-0.05, 0) is 6.92 Å². The first-order chi connectivity index (χ1) is 10.1. The quantitative estimate of drug-likeness (QED) is 0.885. The Hall–Kier alpha value is -1.98. The van der Waals surface area contributed by atoms with E-state index in [9.17, 15) is 0 Å². The van der Waals surface area contributed by atoms with E-state index in [0.717, 1.165) is 48.5 Å². The molecule has 2 aromatic rings. The summed E-state index contributed by atoms with van der Waals surface area (Å²) in [5.41, 5.74) is 0. The van der Waals surface area contributed by atoms with Crippen LogP contribution in [0, 0.1) is 0 Å². The summed E-state index contributed by atoms with van der Waals surface area (Å²) in [6.07, 6.45) is 1.65. The van der Waals surface area contributed by atoms with Crippen molar-refractivity contribution in [1.82, 2.24) is 24.7 Å². The smallest absolute Gasteiger partial charge is 0.161 e. The molecule has 0 amide bonds. The molecule has 2 rings (SSSR count). The number of hydrogen-bond donors (Lipinski definition) is 1. The maximum atomic E-state index is 4.65. The molecule has 0 unspecified atom stereocenters. The molecule has 0 saturated heterocycles. The highest BCUT2D eigenvalue weighted by Crippen LogP contribution is 2.17. The number of nitrogens with zero attached hydrogens (tertiary/aromatic N) is 5. The maximum Gasteiger partial charge on any atom is 0.161 e. The largest absolute Gasteiger partial charge is 0.370 e. The second-order valence-electron chi connectivity index (χ2n) is 5.22. The molecule has 0 atom stereocenters. The molecule has 0 aliphatic rings. The molecule has 6 nitrogen and oxygen atoms in total. The molecule has 0 fully saturated rings. The van der Waals surface area contributed by atoms with E-state index in [1.807, 2.05) is 10.7 Å². The molecule has 0 spiro atoms. The van der Waals surface area contributed by atoms with Crippen LogP contribution in [0.3, 0.4) is 0 Å². The van der Waals surface area contributed by atoms with Crippen molar-refractivity contribution >= 4 is 5.82 Å². The van der Waals surface area contributed by atoms with E-state index in [-0.39, 0.29) is 5.92 Å². The molecule has 0 radical (unpaired) electrons. The lowest BCUT2D eigenvalue weighted by molar-refractivity contribution is 0.723. The van der Waals surface area contributed by atoms with E-state index in [4.69, 9.17) is 0 Å². The fourth-order valence-corrected chi connectivity index (χ4v) is 2.04. The number of nitrogens with one attached hydrogen (secondary N) is 1. The fraction of sp³-hybridized carbons (Fsp3) is 0.600. The number of aryl methyl sites for hydroxylation is 2. The highest BCUT2D eigenvalue weighted by molar-refractivity contribution is 5.42. The van der Waals surface area contributed by atoms with E-state index < -0.39 is 0 Å². The molecule has 0 saturated carbocycles. The third-order valence-electron chi connectivity index (χ3n) is 3.17. The molecule has 0 aliphatic carbocycles. The van der Waals surface area contributed by atoms with E-state index in [2.05, 4.69) is 60.0 Å². The van der Waals surface area contributed by atoms with Crippen molar-refractivity contribution < 1.29 is 0 Å². The minimum atomic E-state index is 0.265. The minimum Gasteiger partial charge on any atom is -0.370 e. The summed E-state index contributed by atoms with van der Waals surface area (Å²) < 4.78 is 1.84. The number of rotatable bonds is 6. The Morgan fingerprint density at radius 3 is 2.43 bits per heavy atom.